The van der Waals surface area contributed by atoms with Crippen molar-refractivity contribution in [2.24, 2.45) is 5.41 Å². The largest absolute Gasteiger partial charge is 0.384 e. The lowest BCUT2D eigenvalue weighted by atomic mass is 9.84. The van der Waals surface area contributed by atoms with E-state index in [1.54, 1.807) is 35.8 Å². The van der Waals surface area contributed by atoms with E-state index in [4.69, 9.17) is 9.47 Å². The molecule has 0 rings (SSSR count). The second-order valence-corrected chi connectivity index (χ2v) is 13.1. The molecule has 0 fully saturated rings. The van der Waals surface area contributed by atoms with Crippen LogP contribution >= 0.6 is 21.6 Å². The molecule has 0 spiro atoms. The maximum absolute atomic E-state index is 12.1. The molecule has 2 N–H and O–H groups in total. The molecule has 0 aromatic carbocycles. The number of methoxy groups -OCH3 is 2. The average molecular weight is 621 g/mol. The van der Waals surface area contributed by atoms with Gasteiger partial charge in [-0.25, -0.2) is 0 Å². The van der Waals surface area contributed by atoms with Gasteiger partial charge in [-0.05, 0) is 57.1 Å². The lowest BCUT2D eigenvalue weighted by molar-refractivity contribution is -0.122. The quantitative estimate of drug-likeness (QED) is 0.0446. The summed E-state index contributed by atoms with van der Waals surface area (Å²) in [5.41, 5.74) is 3.01. The van der Waals surface area contributed by atoms with Crippen LogP contribution in [0, 0.1) is 5.41 Å². The van der Waals surface area contributed by atoms with Crippen LogP contribution in [0.15, 0.2) is 66.5 Å². The third-order valence-electron chi connectivity index (χ3n) is 6.13. The Hall–Kier alpha value is -1.96. The molecule has 0 bridgehead atoms. The van der Waals surface area contributed by atoms with Crippen LogP contribution in [0.5, 0.6) is 0 Å². The molecule has 0 aromatic rings. The van der Waals surface area contributed by atoms with Gasteiger partial charge in [0.15, 0.2) is 0 Å². The summed E-state index contributed by atoms with van der Waals surface area (Å²) in [5.74, 6) is 1.76. The van der Waals surface area contributed by atoms with E-state index in [0.717, 1.165) is 43.6 Å². The normalized spacial score (nSPS) is 12.8. The summed E-state index contributed by atoms with van der Waals surface area (Å²) in [6, 6.07) is 0. The van der Waals surface area contributed by atoms with Crippen molar-refractivity contribution in [2.75, 3.05) is 45.4 Å². The van der Waals surface area contributed by atoms with E-state index < -0.39 is 0 Å². The highest BCUT2D eigenvalue weighted by molar-refractivity contribution is 8.76. The number of carbonyl (C=O) groups excluding carboxylic acids is 2. The zero-order chi connectivity index (χ0) is 31.2. The number of allylic oxidation sites excluding steroid dienone is 9. The molecule has 0 heterocycles. The number of rotatable bonds is 26. The third kappa shape index (κ3) is 25.7. The predicted octanol–water partition coefficient (Wildman–Crippen LogP) is 7.75. The Morgan fingerprint density at radius 3 is 1.83 bits per heavy atom. The number of carbonyl (C=O) groups is 2. The highest BCUT2D eigenvalue weighted by Crippen LogP contribution is 2.26. The SMILES string of the molecule is CC/C=C\C/C=C\C/C=C\C/C=C\CC=C=CCCC(=O)NCCSSCCNC(=O)CC[C@H](OC)C(C)(C)COC. The Bertz CT molecular complexity index is 875. The molecule has 0 aliphatic heterocycles. The summed E-state index contributed by atoms with van der Waals surface area (Å²) in [5, 5.41) is 5.92. The van der Waals surface area contributed by atoms with E-state index in [0.29, 0.717) is 45.4 Å². The lowest BCUT2D eigenvalue weighted by Gasteiger charge is -2.32. The van der Waals surface area contributed by atoms with Crippen LogP contribution in [-0.2, 0) is 19.1 Å². The first kappa shape index (κ1) is 40.0. The van der Waals surface area contributed by atoms with Gasteiger partial charge in [0, 0.05) is 57.1 Å². The van der Waals surface area contributed by atoms with Gasteiger partial charge in [0.1, 0.15) is 0 Å². The topological polar surface area (TPSA) is 76.7 Å². The molecule has 2 amide bonds. The fraction of sp³-hybridized carbons (Fsp3) is 0.618. The number of hydrogen-bond acceptors (Lipinski definition) is 6. The maximum Gasteiger partial charge on any atom is 0.220 e. The van der Waals surface area contributed by atoms with Gasteiger partial charge in [0.05, 0.1) is 12.7 Å². The first-order chi connectivity index (χ1) is 20.4. The van der Waals surface area contributed by atoms with Gasteiger partial charge in [0.25, 0.3) is 0 Å². The average Bonchev–Trinajstić information content (AvgIpc) is 2.96. The van der Waals surface area contributed by atoms with Crippen molar-refractivity contribution in [3.63, 3.8) is 0 Å². The van der Waals surface area contributed by atoms with E-state index in [2.05, 4.69) is 85.7 Å². The maximum atomic E-state index is 12.1. The monoisotopic (exact) mass is 620 g/mol. The molecule has 0 unspecified atom stereocenters. The minimum Gasteiger partial charge on any atom is -0.384 e. The molecule has 8 heteroatoms. The molecule has 6 nitrogen and oxygen atoms in total. The summed E-state index contributed by atoms with van der Waals surface area (Å²) in [6.07, 6.45) is 28.5. The van der Waals surface area contributed by atoms with Crippen molar-refractivity contribution in [1.29, 1.82) is 0 Å². The minimum absolute atomic E-state index is 0.0302. The molecule has 0 aliphatic rings. The van der Waals surface area contributed by atoms with Gasteiger partial charge in [0.2, 0.25) is 11.8 Å². The molecule has 0 radical (unpaired) electrons. The van der Waals surface area contributed by atoms with E-state index >= 15 is 0 Å². The lowest BCUT2D eigenvalue weighted by Crippen LogP contribution is -2.36. The van der Waals surface area contributed by atoms with E-state index in [1.165, 1.54) is 0 Å². The fourth-order valence-electron chi connectivity index (χ4n) is 3.90. The molecule has 0 aliphatic carbocycles. The summed E-state index contributed by atoms with van der Waals surface area (Å²) in [7, 11) is 6.77. The van der Waals surface area contributed by atoms with Gasteiger partial charge in [-0.1, -0.05) is 91.0 Å². The fourth-order valence-corrected chi connectivity index (χ4v) is 5.71. The van der Waals surface area contributed by atoms with Crippen LogP contribution in [-0.4, -0.2) is 63.3 Å². The highest BCUT2D eigenvalue weighted by atomic mass is 33.1. The molecule has 0 saturated heterocycles. The van der Waals surface area contributed by atoms with Crippen LogP contribution in [0.25, 0.3) is 0 Å². The molecular formula is C34H56N2O4S2. The predicted molar refractivity (Wildman–Crippen MR) is 184 cm³/mol. The number of hydrogen-bond donors (Lipinski definition) is 2. The van der Waals surface area contributed by atoms with Crippen molar-refractivity contribution in [3.05, 3.63) is 66.5 Å². The zero-order valence-electron chi connectivity index (χ0n) is 26.7. The van der Waals surface area contributed by atoms with Gasteiger partial charge in [-0.3, -0.25) is 9.59 Å². The molecule has 238 valence electrons. The van der Waals surface area contributed by atoms with E-state index in [1.807, 2.05) is 12.2 Å². The third-order valence-corrected chi connectivity index (χ3v) is 8.54. The second-order valence-electron chi connectivity index (χ2n) is 10.4. The molecule has 0 aromatic heterocycles. The van der Waals surface area contributed by atoms with Crippen molar-refractivity contribution in [2.45, 2.75) is 84.7 Å². The minimum atomic E-state index is -0.140. The summed E-state index contributed by atoms with van der Waals surface area (Å²) >= 11 is 0. The Morgan fingerprint density at radius 1 is 0.786 bits per heavy atom. The summed E-state index contributed by atoms with van der Waals surface area (Å²) in [6.45, 7) is 8.18. The number of nitrogens with one attached hydrogen (secondary N) is 2. The molecule has 0 saturated carbocycles. The van der Waals surface area contributed by atoms with Crippen molar-refractivity contribution in [3.8, 4) is 0 Å². The number of ether oxygens (including phenoxy) is 2. The van der Waals surface area contributed by atoms with Gasteiger partial charge in [-0.15, -0.1) is 5.73 Å². The van der Waals surface area contributed by atoms with Crippen LogP contribution in [0.2, 0.25) is 0 Å². The first-order valence-corrected chi connectivity index (χ1v) is 17.6. The van der Waals surface area contributed by atoms with Crippen LogP contribution in [0.1, 0.15) is 78.6 Å². The van der Waals surface area contributed by atoms with Crippen LogP contribution < -0.4 is 10.6 Å². The van der Waals surface area contributed by atoms with Crippen molar-refractivity contribution >= 4 is 33.4 Å². The first-order valence-electron chi connectivity index (χ1n) is 15.2. The van der Waals surface area contributed by atoms with Gasteiger partial charge >= 0.3 is 0 Å². The molecule has 1 atom stereocenters. The highest BCUT2D eigenvalue weighted by Gasteiger charge is 2.29. The van der Waals surface area contributed by atoms with Gasteiger partial charge < -0.3 is 20.1 Å². The van der Waals surface area contributed by atoms with Crippen molar-refractivity contribution in [1.82, 2.24) is 10.6 Å². The second kappa shape index (κ2) is 29.1. The number of amides is 2. The van der Waals surface area contributed by atoms with Gasteiger partial charge in [-0.2, -0.15) is 0 Å². The van der Waals surface area contributed by atoms with Crippen LogP contribution in [0.4, 0.5) is 0 Å². The van der Waals surface area contributed by atoms with E-state index in [9.17, 15) is 9.59 Å². The Morgan fingerprint density at radius 2 is 1.31 bits per heavy atom. The summed E-state index contributed by atoms with van der Waals surface area (Å²) < 4.78 is 10.8. The Balaban J connectivity index is 3.71. The standard InChI is InChI=1S/C34H56N2O4S2/c1-6-7-8-9-10-11-12-13-14-15-16-17-18-19-20-21-22-23-32(37)35-26-28-41-42-29-27-36-33(38)25-24-31(40-5)34(2,3)30-39-4/h7-8,10-11,13-14,16-17,19,21,31H,6,9,12,15,18,22-30H2,1-5H3,(H,35,37)(H,36,38)/b8-7-,11-10-,14-13-,17-16-/t20?,31-/m0/s1. The Kier molecular flexibility index (Phi) is 27.8. The molecular weight excluding hydrogens is 565 g/mol. The van der Waals surface area contributed by atoms with Crippen molar-refractivity contribution < 1.29 is 19.1 Å². The smallest absolute Gasteiger partial charge is 0.220 e. The zero-order valence-corrected chi connectivity index (χ0v) is 28.3. The molecule has 42 heavy (non-hydrogen) atoms. The van der Waals surface area contributed by atoms with E-state index in [-0.39, 0.29) is 23.3 Å². The Labute approximate surface area is 264 Å². The van der Waals surface area contributed by atoms with Crippen LogP contribution in [0.3, 0.4) is 0 Å². The summed E-state index contributed by atoms with van der Waals surface area (Å²) in [4.78, 5) is 24.1.